The Kier molecular flexibility index (Phi) is 2.62. The van der Waals surface area contributed by atoms with E-state index in [1.807, 2.05) is 13.2 Å². The lowest BCUT2D eigenvalue weighted by molar-refractivity contribution is 0.500. The summed E-state index contributed by atoms with van der Waals surface area (Å²) in [4.78, 5) is 0. The Morgan fingerprint density at radius 2 is 2.23 bits per heavy atom. The number of rotatable bonds is 3. The molecule has 13 heavy (non-hydrogen) atoms. The van der Waals surface area contributed by atoms with Gasteiger partial charge in [0, 0.05) is 13.2 Å². The van der Waals surface area contributed by atoms with Gasteiger partial charge in [0.15, 0.2) is 0 Å². The molecule has 72 valence electrons. The Morgan fingerprint density at radius 3 is 2.85 bits per heavy atom. The van der Waals surface area contributed by atoms with Gasteiger partial charge in [0.05, 0.1) is 5.69 Å². The van der Waals surface area contributed by atoms with Crippen molar-refractivity contribution in [1.82, 2.24) is 15.0 Å². The Labute approximate surface area is 79.1 Å². The lowest BCUT2D eigenvalue weighted by Crippen LogP contribution is -1.96. The van der Waals surface area contributed by atoms with E-state index in [2.05, 4.69) is 10.3 Å². The quantitative estimate of drug-likeness (QED) is 0.710. The number of hydrogen-bond donors (Lipinski definition) is 0. The van der Waals surface area contributed by atoms with Crippen molar-refractivity contribution >= 4 is 0 Å². The van der Waals surface area contributed by atoms with Gasteiger partial charge in [-0.1, -0.05) is 30.9 Å². The van der Waals surface area contributed by atoms with Crippen molar-refractivity contribution in [2.24, 2.45) is 13.0 Å². The van der Waals surface area contributed by atoms with Crippen LogP contribution >= 0.6 is 0 Å². The summed E-state index contributed by atoms with van der Waals surface area (Å²) in [6.45, 7) is 0. The topological polar surface area (TPSA) is 30.7 Å². The van der Waals surface area contributed by atoms with Crippen LogP contribution in [0.25, 0.3) is 0 Å². The first-order valence-corrected chi connectivity index (χ1v) is 5.20. The predicted octanol–water partition coefficient (Wildman–Crippen LogP) is 1.94. The Hall–Kier alpha value is -0.860. The van der Waals surface area contributed by atoms with Gasteiger partial charge in [-0.05, 0) is 18.8 Å². The molecule has 0 bridgehead atoms. The summed E-state index contributed by atoms with van der Waals surface area (Å²) in [6, 6.07) is 0. The van der Waals surface area contributed by atoms with E-state index in [9.17, 15) is 0 Å². The Bertz CT molecular complexity index is 261. The molecule has 0 aromatic carbocycles. The predicted molar refractivity (Wildman–Crippen MR) is 51.3 cm³/mol. The third-order valence-corrected chi connectivity index (χ3v) is 2.93. The fourth-order valence-corrected chi connectivity index (χ4v) is 2.16. The van der Waals surface area contributed by atoms with E-state index < -0.39 is 0 Å². The molecule has 1 aliphatic rings. The highest BCUT2D eigenvalue weighted by atomic mass is 15.4. The van der Waals surface area contributed by atoms with E-state index in [0.29, 0.717) is 0 Å². The summed E-state index contributed by atoms with van der Waals surface area (Å²) < 4.78 is 1.78. The second kappa shape index (κ2) is 3.90. The average molecular weight is 179 g/mol. The molecule has 1 aliphatic carbocycles. The molecule has 1 aromatic rings. The number of aryl methyl sites for hydroxylation is 2. The molecule has 0 aliphatic heterocycles. The van der Waals surface area contributed by atoms with E-state index in [1.165, 1.54) is 32.1 Å². The minimum Gasteiger partial charge on any atom is -0.255 e. The first kappa shape index (κ1) is 8.73. The first-order valence-electron chi connectivity index (χ1n) is 5.20. The van der Waals surface area contributed by atoms with Crippen LogP contribution < -0.4 is 0 Å². The zero-order valence-electron chi connectivity index (χ0n) is 8.24. The fourth-order valence-electron chi connectivity index (χ4n) is 2.16. The maximum atomic E-state index is 4.09. The van der Waals surface area contributed by atoms with E-state index in [-0.39, 0.29) is 0 Å². The molecule has 0 saturated heterocycles. The van der Waals surface area contributed by atoms with Gasteiger partial charge in [0.25, 0.3) is 0 Å². The molecule has 0 amide bonds. The number of hydrogen-bond acceptors (Lipinski definition) is 2. The van der Waals surface area contributed by atoms with E-state index in [4.69, 9.17) is 0 Å². The molecule has 1 heterocycles. The molecule has 0 radical (unpaired) electrons. The van der Waals surface area contributed by atoms with Crippen molar-refractivity contribution in [2.45, 2.75) is 38.5 Å². The van der Waals surface area contributed by atoms with Crippen LogP contribution in [0.5, 0.6) is 0 Å². The normalized spacial score (nSPS) is 18.2. The Morgan fingerprint density at radius 1 is 1.46 bits per heavy atom. The first-order chi connectivity index (χ1) is 6.34. The van der Waals surface area contributed by atoms with Gasteiger partial charge in [-0.25, -0.2) is 0 Å². The van der Waals surface area contributed by atoms with Gasteiger partial charge < -0.3 is 0 Å². The molecule has 1 aromatic heterocycles. The second-order valence-corrected chi connectivity index (χ2v) is 4.07. The van der Waals surface area contributed by atoms with Crippen molar-refractivity contribution in [3.05, 3.63) is 11.9 Å². The molecular weight excluding hydrogens is 162 g/mol. The molecule has 2 rings (SSSR count). The highest BCUT2D eigenvalue weighted by Gasteiger charge is 2.14. The van der Waals surface area contributed by atoms with Crippen molar-refractivity contribution in [3.63, 3.8) is 0 Å². The molecule has 0 atom stereocenters. The summed E-state index contributed by atoms with van der Waals surface area (Å²) in [5.74, 6) is 0.960. The zero-order valence-corrected chi connectivity index (χ0v) is 8.24. The van der Waals surface area contributed by atoms with Crippen molar-refractivity contribution in [2.75, 3.05) is 0 Å². The minimum absolute atomic E-state index is 0.960. The van der Waals surface area contributed by atoms with E-state index in [0.717, 1.165) is 18.0 Å². The summed E-state index contributed by atoms with van der Waals surface area (Å²) in [5.41, 5.74) is 1.15. The highest BCUT2D eigenvalue weighted by Crippen LogP contribution is 2.28. The van der Waals surface area contributed by atoms with Crippen LogP contribution in [-0.2, 0) is 13.5 Å². The molecule has 0 N–H and O–H groups in total. The van der Waals surface area contributed by atoms with Crippen LogP contribution in [0.15, 0.2) is 6.20 Å². The van der Waals surface area contributed by atoms with E-state index >= 15 is 0 Å². The minimum atomic E-state index is 0.960. The maximum Gasteiger partial charge on any atom is 0.0827 e. The van der Waals surface area contributed by atoms with Crippen LogP contribution in [-0.4, -0.2) is 15.0 Å². The average Bonchev–Trinajstić information content (AvgIpc) is 2.71. The molecule has 0 unspecified atom stereocenters. The summed E-state index contributed by atoms with van der Waals surface area (Å²) in [6.07, 6.45) is 10.2. The number of nitrogens with zero attached hydrogens (tertiary/aromatic N) is 3. The SMILES string of the molecule is Cn1cc(CCC2CCCC2)nn1. The molecule has 3 nitrogen and oxygen atoms in total. The zero-order chi connectivity index (χ0) is 9.10. The van der Waals surface area contributed by atoms with Crippen molar-refractivity contribution in [1.29, 1.82) is 0 Å². The summed E-state index contributed by atoms with van der Waals surface area (Å²) in [5, 5.41) is 8.02. The smallest absolute Gasteiger partial charge is 0.0827 e. The monoisotopic (exact) mass is 179 g/mol. The number of aromatic nitrogens is 3. The maximum absolute atomic E-state index is 4.09. The van der Waals surface area contributed by atoms with Gasteiger partial charge in [-0.15, -0.1) is 5.10 Å². The highest BCUT2D eigenvalue weighted by molar-refractivity contribution is 4.92. The van der Waals surface area contributed by atoms with Crippen LogP contribution in [0.2, 0.25) is 0 Å². The fraction of sp³-hybridized carbons (Fsp3) is 0.800. The molecular formula is C10H17N3. The molecule has 0 spiro atoms. The van der Waals surface area contributed by atoms with Crippen molar-refractivity contribution < 1.29 is 0 Å². The van der Waals surface area contributed by atoms with Crippen LogP contribution in [0.4, 0.5) is 0 Å². The molecule has 3 heteroatoms. The van der Waals surface area contributed by atoms with Crippen LogP contribution in [0, 0.1) is 5.92 Å². The standard InChI is InChI=1S/C10H17N3/c1-13-8-10(11-12-13)7-6-9-4-2-3-5-9/h8-9H,2-7H2,1H3. The Balaban J connectivity index is 1.78. The summed E-state index contributed by atoms with van der Waals surface area (Å²) in [7, 11) is 1.92. The van der Waals surface area contributed by atoms with Gasteiger partial charge in [-0.3, -0.25) is 4.68 Å². The van der Waals surface area contributed by atoms with Gasteiger partial charge in [0.1, 0.15) is 0 Å². The lowest BCUT2D eigenvalue weighted by atomic mass is 10.0. The van der Waals surface area contributed by atoms with E-state index in [1.54, 1.807) is 4.68 Å². The van der Waals surface area contributed by atoms with Gasteiger partial charge >= 0.3 is 0 Å². The third-order valence-electron chi connectivity index (χ3n) is 2.93. The third kappa shape index (κ3) is 2.29. The summed E-state index contributed by atoms with van der Waals surface area (Å²) >= 11 is 0. The lowest BCUT2D eigenvalue weighted by Gasteiger charge is -2.05. The van der Waals surface area contributed by atoms with Gasteiger partial charge in [-0.2, -0.15) is 0 Å². The van der Waals surface area contributed by atoms with Crippen LogP contribution in [0.3, 0.4) is 0 Å². The molecule has 1 fully saturated rings. The van der Waals surface area contributed by atoms with Crippen LogP contribution in [0.1, 0.15) is 37.8 Å². The second-order valence-electron chi connectivity index (χ2n) is 4.07. The van der Waals surface area contributed by atoms with Crippen molar-refractivity contribution in [3.8, 4) is 0 Å². The largest absolute Gasteiger partial charge is 0.255 e. The van der Waals surface area contributed by atoms with Gasteiger partial charge in [0.2, 0.25) is 0 Å². The molecule has 1 saturated carbocycles.